The van der Waals surface area contributed by atoms with Crippen LogP contribution in [0.4, 0.5) is 0 Å². The van der Waals surface area contributed by atoms with E-state index in [4.69, 9.17) is 4.42 Å². The third-order valence-electron chi connectivity index (χ3n) is 5.34. The summed E-state index contributed by atoms with van der Waals surface area (Å²) in [7, 11) is 0. The average Bonchev–Trinajstić information content (AvgIpc) is 3.16. The lowest BCUT2D eigenvalue weighted by molar-refractivity contribution is 0.162. The molecule has 0 aliphatic heterocycles. The third-order valence-corrected chi connectivity index (χ3v) is 5.34. The molecular formula is C24H26N2O2. The minimum Gasteiger partial charge on any atom is -0.464 e. The van der Waals surface area contributed by atoms with E-state index in [0.717, 1.165) is 42.3 Å². The summed E-state index contributed by atoms with van der Waals surface area (Å²) in [6.07, 6.45) is 7.64. The molecule has 2 heterocycles. The van der Waals surface area contributed by atoms with Crippen LogP contribution >= 0.6 is 0 Å². The molecule has 2 N–H and O–H groups in total. The van der Waals surface area contributed by atoms with E-state index >= 15 is 0 Å². The van der Waals surface area contributed by atoms with Crippen LogP contribution in [0.15, 0.2) is 71.6 Å². The van der Waals surface area contributed by atoms with Crippen LogP contribution in [0.25, 0.3) is 21.7 Å². The lowest BCUT2D eigenvalue weighted by Crippen LogP contribution is -2.25. The minimum absolute atomic E-state index is 0.390. The van der Waals surface area contributed by atoms with Gasteiger partial charge in [-0.15, -0.1) is 0 Å². The average molecular weight is 374 g/mol. The Hall–Kier alpha value is -2.69. The van der Waals surface area contributed by atoms with E-state index in [2.05, 4.69) is 35.4 Å². The standard InChI is InChI=1S/C24H26N2O2/c1-17(26-14-18-9-10-20-15-25-12-11-19(20)13-18)5-4-7-23(27)22-16-28-24-8-3-2-6-21(22)24/h2-3,6,8-13,15-17,23,26-27H,4-5,7,14H2,1H3/t17-,23?/m1/s1. The van der Waals surface area contributed by atoms with Gasteiger partial charge >= 0.3 is 0 Å². The van der Waals surface area contributed by atoms with Crippen molar-refractivity contribution in [1.29, 1.82) is 0 Å². The number of pyridine rings is 1. The van der Waals surface area contributed by atoms with Crippen LogP contribution in [-0.4, -0.2) is 16.1 Å². The lowest BCUT2D eigenvalue weighted by Gasteiger charge is -2.15. The monoisotopic (exact) mass is 374 g/mol. The van der Waals surface area contributed by atoms with Crippen molar-refractivity contribution in [3.05, 3.63) is 78.3 Å². The van der Waals surface area contributed by atoms with Gasteiger partial charge < -0.3 is 14.8 Å². The molecule has 4 rings (SSSR count). The fourth-order valence-electron chi connectivity index (χ4n) is 3.67. The number of nitrogens with zero attached hydrogens (tertiary/aromatic N) is 1. The summed E-state index contributed by atoms with van der Waals surface area (Å²) < 4.78 is 5.54. The van der Waals surface area contributed by atoms with Crippen LogP contribution in [0.2, 0.25) is 0 Å². The fraction of sp³-hybridized carbons (Fsp3) is 0.292. The van der Waals surface area contributed by atoms with E-state index in [0.29, 0.717) is 6.04 Å². The van der Waals surface area contributed by atoms with Gasteiger partial charge in [0, 0.05) is 41.3 Å². The van der Waals surface area contributed by atoms with Crippen LogP contribution in [0, 0.1) is 0 Å². The maximum atomic E-state index is 10.5. The summed E-state index contributed by atoms with van der Waals surface area (Å²) in [4.78, 5) is 4.16. The Kier molecular flexibility index (Phi) is 5.70. The molecule has 2 aromatic heterocycles. The molecule has 2 aromatic carbocycles. The summed E-state index contributed by atoms with van der Waals surface area (Å²) in [5, 5.41) is 17.5. The molecule has 0 radical (unpaired) electrons. The summed E-state index contributed by atoms with van der Waals surface area (Å²) in [5.41, 5.74) is 3.00. The number of para-hydroxylation sites is 1. The molecule has 4 aromatic rings. The van der Waals surface area contributed by atoms with E-state index in [1.54, 1.807) is 6.26 Å². The van der Waals surface area contributed by atoms with Crippen molar-refractivity contribution in [2.45, 2.75) is 44.9 Å². The van der Waals surface area contributed by atoms with Crippen LogP contribution in [0.5, 0.6) is 0 Å². The minimum atomic E-state index is -0.482. The SMILES string of the molecule is C[C@H](CCCC(O)c1coc2ccccc12)NCc1ccc2cnccc2c1. The van der Waals surface area contributed by atoms with Crippen LogP contribution < -0.4 is 5.32 Å². The molecule has 0 spiro atoms. The first-order valence-corrected chi connectivity index (χ1v) is 9.91. The van der Waals surface area contributed by atoms with E-state index in [-0.39, 0.29) is 0 Å². The summed E-state index contributed by atoms with van der Waals surface area (Å²) in [6.45, 7) is 3.04. The second-order valence-electron chi connectivity index (χ2n) is 7.47. The predicted octanol–water partition coefficient (Wildman–Crippen LogP) is 5.36. The molecule has 0 aliphatic rings. The molecule has 0 fully saturated rings. The highest BCUT2D eigenvalue weighted by Crippen LogP contribution is 2.29. The highest BCUT2D eigenvalue weighted by atomic mass is 16.3. The molecule has 4 heteroatoms. The Morgan fingerprint density at radius 3 is 2.89 bits per heavy atom. The number of furan rings is 1. The van der Waals surface area contributed by atoms with Crippen molar-refractivity contribution in [2.75, 3.05) is 0 Å². The summed E-state index contributed by atoms with van der Waals surface area (Å²) >= 11 is 0. The first kappa shape index (κ1) is 18.7. The maximum absolute atomic E-state index is 10.5. The lowest BCUT2D eigenvalue weighted by atomic mass is 10.0. The largest absolute Gasteiger partial charge is 0.464 e. The zero-order valence-electron chi connectivity index (χ0n) is 16.1. The Labute approximate surface area is 165 Å². The smallest absolute Gasteiger partial charge is 0.134 e. The van der Waals surface area contributed by atoms with Gasteiger partial charge in [0.15, 0.2) is 0 Å². The number of benzene rings is 2. The van der Waals surface area contributed by atoms with Crippen molar-refractivity contribution in [2.24, 2.45) is 0 Å². The number of nitrogens with one attached hydrogen (secondary N) is 1. The van der Waals surface area contributed by atoms with Crippen LogP contribution in [0.1, 0.15) is 43.4 Å². The highest BCUT2D eigenvalue weighted by Gasteiger charge is 2.14. The Morgan fingerprint density at radius 1 is 1.07 bits per heavy atom. The maximum Gasteiger partial charge on any atom is 0.134 e. The molecule has 0 amide bonds. The van der Waals surface area contributed by atoms with Gasteiger partial charge in [-0.05, 0) is 55.3 Å². The van der Waals surface area contributed by atoms with Gasteiger partial charge in [0.25, 0.3) is 0 Å². The topological polar surface area (TPSA) is 58.3 Å². The quantitative estimate of drug-likeness (QED) is 0.436. The van der Waals surface area contributed by atoms with Crippen LogP contribution in [0.3, 0.4) is 0 Å². The first-order valence-electron chi connectivity index (χ1n) is 9.91. The van der Waals surface area contributed by atoms with Crippen LogP contribution in [-0.2, 0) is 6.54 Å². The summed E-state index contributed by atoms with van der Waals surface area (Å²) in [6, 6.07) is 16.8. The first-order chi connectivity index (χ1) is 13.7. The van der Waals surface area contributed by atoms with Crippen molar-refractivity contribution < 1.29 is 9.52 Å². The third kappa shape index (κ3) is 4.24. The number of hydrogen-bond donors (Lipinski definition) is 2. The Morgan fingerprint density at radius 2 is 1.96 bits per heavy atom. The molecular weight excluding hydrogens is 348 g/mol. The zero-order chi connectivity index (χ0) is 19.3. The highest BCUT2D eigenvalue weighted by molar-refractivity contribution is 5.82. The van der Waals surface area contributed by atoms with Crippen molar-refractivity contribution >= 4 is 21.7 Å². The van der Waals surface area contributed by atoms with Gasteiger partial charge in [-0.3, -0.25) is 4.98 Å². The predicted molar refractivity (Wildman–Crippen MR) is 113 cm³/mol. The molecule has 28 heavy (non-hydrogen) atoms. The number of aliphatic hydroxyl groups is 1. The molecule has 0 bridgehead atoms. The van der Waals surface area contributed by atoms with Crippen molar-refractivity contribution in [3.63, 3.8) is 0 Å². The fourth-order valence-corrected chi connectivity index (χ4v) is 3.67. The van der Waals surface area contributed by atoms with Crippen molar-refractivity contribution in [3.8, 4) is 0 Å². The molecule has 2 atom stereocenters. The van der Waals surface area contributed by atoms with Gasteiger partial charge in [-0.2, -0.15) is 0 Å². The number of aromatic nitrogens is 1. The van der Waals surface area contributed by atoms with Gasteiger partial charge in [0.1, 0.15) is 5.58 Å². The molecule has 1 unspecified atom stereocenters. The Balaban J connectivity index is 1.25. The molecule has 0 aliphatic carbocycles. The number of fused-ring (bicyclic) bond motifs is 2. The Bertz CT molecular complexity index is 1060. The molecule has 0 saturated carbocycles. The molecule has 144 valence electrons. The van der Waals surface area contributed by atoms with E-state index in [1.165, 1.54) is 16.3 Å². The number of rotatable bonds is 8. The van der Waals surface area contributed by atoms with Gasteiger partial charge in [-0.25, -0.2) is 0 Å². The van der Waals surface area contributed by atoms with Gasteiger partial charge in [-0.1, -0.05) is 30.3 Å². The zero-order valence-corrected chi connectivity index (χ0v) is 16.1. The molecule has 4 nitrogen and oxygen atoms in total. The van der Waals surface area contributed by atoms with E-state index < -0.39 is 6.10 Å². The second-order valence-corrected chi connectivity index (χ2v) is 7.47. The number of aliphatic hydroxyl groups excluding tert-OH is 1. The number of hydrogen-bond acceptors (Lipinski definition) is 4. The summed E-state index contributed by atoms with van der Waals surface area (Å²) in [5.74, 6) is 0. The molecule has 0 saturated heterocycles. The van der Waals surface area contributed by atoms with Crippen molar-refractivity contribution in [1.82, 2.24) is 10.3 Å². The van der Waals surface area contributed by atoms with Gasteiger partial charge in [0.2, 0.25) is 0 Å². The van der Waals surface area contributed by atoms with Gasteiger partial charge in [0.05, 0.1) is 12.4 Å². The van der Waals surface area contributed by atoms with E-state index in [9.17, 15) is 5.11 Å². The van der Waals surface area contributed by atoms with E-state index in [1.807, 2.05) is 42.7 Å². The second kappa shape index (κ2) is 8.55. The normalized spacial score (nSPS) is 13.8.